The maximum absolute atomic E-state index is 11.5. The number of carbonyl (C=O) groups is 1. The number of rotatable bonds is 7. The molecule has 1 saturated carbocycles. The predicted octanol–water partition coefficient (Wildman–Crippen LogP) is 0.949. The highest BCUT2D eigenvalue weighted by atomic mass is 16.2. The van der Waals surface area contributed by atoms with E-state index in [2.05, 4.69) is 27.5 Å². The number of hydrogen-bond acceptors (Lipinski definition) is 5. The molecule has 104 valence electrons. The summed E-state index contributed by atoms with van der Waals surface area (Å²) in [5, 5.41) is 6.11. The zero-order valence-corrected chi connectivity index (χ0v) is 11.3. The van der Waals surface area contributed by atoms with Crippen molar-refractivity contribution in [2.24, 2.45) is 5.92 Å². The van der Waals surface area contributed by atoms with Crippen molar-refractivity contribution in [3.63, 3.8) is 0 Å². The van der Waals surface area contributed by atoms with Crippen LogP contribution in [-0.4, -0.2) is 29.0 Å². The summed E-state index contributed by atoms with van der Waals surface area (Å²) in [6.07, 6.45) is 5.36. The van der Waals surface area contributed by atoms with Gasteiger partial charge < -0.3 is 16.4 Å². The van der Waals surface area contributed by atoms with Gasteiger partial charge in [-0.15, -0.1) is 0 Å². The quantitative estimate of drug-likeness (QED) is 0.637. The minimum atomic E-state index is 0.165. The molecule has 0 spiro atoms. The second kappa shape index (κ2) is 6.36. The molecular weight excluding hydrogens is 242 g/mol. The normalized spacial score (nSPS) is 14.2. The fourth-order valence-corrected chi connectivity index (χ4v) is 1.93. The van der Waals surface area contributed by atoms with E-state index < -0.39 is 0 Å². The summed E-state index contributed by atoms with van der Waals surface area (Å²) in [5.41, 5.74) is 6.80. The Bertz CT molecular complexity index is 445. The molecule has 1 aliphatic carbocycles. The largest absolute Gasteiger partial charge is 0.383 e. The van der Waals surface area contributed by atoms with Crippen molar-refractivity contribution in [2.75, 3.05) is 24.1 Å². The van der Waals surface area contributed by atoms with Crippen molar-refractivity contribution in [2.45, 2.75) is 32.6 Å². The average Bonchev–Trinajstić information content (AvgIpc) is 3.22. The zero-order chi connectivity index (χ0) is 13.7. The molecule has 19 heavy (non-hydrogen) atoms. The van der Waals surface area contributed by atoms with Crippen LogP contribution in [0, 0.1) is 5.92 Å². The van der Waals surface area contributed by atoms with Gasteiger partial charge in [0.2, 0.25) is 5.91 Å². The number of anilines is 2. The summed E-state index contributed by atoms with van der Waals surface area (Å²) in [4.78, 5) is 19.7. The number of nitrogens with zero attached hydrogens (tertiary/aromatic N) is 2. The highest BCUT2D eigenvalue weighted by Gasteiger charge is 2.28. The Labute approximate surface area is 113 Å². The maximum Gasteiger partial charge on any atom is 0.223 e. The lowest BCUT2D eigenvalue weighted by Gasteiger charge is -2.12. The topological polar surface area (TPSA) is 92.9 Å². The van der Waals surface area contributed by atoms with Crippen LogP contribution in [0.25, 0.3) is 0 Å². The van der Waals surface area contributed by atoms with Crippen molar-refractivity contribution < 1.29 is 4.79 Å². The van der Waals surface area contributed by atoms with Crippen molar-refractivity contribution in [1.82, 2.24) is 15.3 Å². The number of amides is 1. The lowest BCUT2D eigenvalue weighted by atomic mass is 10.1. The number of hydrogen-bond donors (Lipinski definition) is 3. The van der Waals surface area contributed by atoms with Gasteiger partial charge >= 0.3 is 0 Å². The highest BCUT2D eigenvalue weighted by Crippen LogP contribution is 2.28. The van der Waals surface area contributed by atoms with Crippen LogP contribution in [0.15, 0.2) is 6.33 Å². The van der Waals surface area contributed by atoms with Gasteiger partial charge in [0.25, 0.3) is 0 Å². The molecule has 6 nitrogen and oxygen atoms in total. The van der Waals surface area contributed by atoms with Crippen LogP contribution >= 0.6 is 0 Å². The minimum Gasteiger partial charge on any atom is -0.383 e. The zero-order valence-electron chi connectivity index (χ0n) is 11.3. The summed E-state index contributed by atoms with van der Waals surface area (Å²) < 4.78 is 0. The standard InChI is InChI=1S/C13H21N5O/c1-2-3-10-11(14)17-8-18-12(10)15-6-7-16-13(19)9-4-5-9/h8-9H,2-7H2,1H3,(H,16,19)(H3,14,15,17,18). The number of carbonyl (C=O) groups excluding carboxylic acids is 1. The van der Waals surface area contributed by atoms with E-state index in [4.69, 9.17) is 5.73 Å². The Morgan fingerprint density at radius 2 is 2.21 bits per heavy atom. The van der Waals surface area contributed by atoms with Crippen molar-refractivity contribution >= 4 is 17.5 Å². The molecule has 2 rings (SSSR count). The summed E-state index contributed by atoms with van der Waals surface area (Å²) in [6.45, 7) is 3.34. The summed E-state index contributed by atoms with van der Waals surface area (Å²) in [6, 6.07) is 0. The third-order valence-electron chi connectivity index (χ3n) is 3.14. The molecular formula is C13H21N5O. The van der Waals surface area contributed by atoms with Crippen LogP contribution in [0.5, 0.6) is 0 Å². The minimum absolute atomic E-state index is 0.165. The van der Waals surface area contributed by atoms with Gasteiger partial charge in [-0.3, -0.25) is 4.79 Å². The third kappa shape index (κ3) is 3.81. The van der Waals surface area contributed by atoms with E-state index in [0.29, 0.717) is 18.9 Å². The summed E-state index contributed by atoms with van der Waals surface area (Å²) in [7, 11) is 0. The van der Waals surface area contributed by atoms with E-state index in [0.717, 1.165) is 37.1 Å². The summed E-state index contributed by atoms with van der Waals surface area (Å²) in [5.74, 6) is 1.72. The Morgan fingerprint density at radius 1 is 1.42 bits per heavy atom. The van der Waals surface area contributed by atoms with E-state index in [-0.39, 0.29) is 11.8 Å². The Hall–Kier alpha value is -1.85. The molecule has 0 radical (unpaired) electrons. The molecule has 6 heteroatoms. The number of nitrogen functional groups attached to an aromatic ring is 1. The van der Waals surface area contributed by atoms with Gasteiger partial charge in [0, 0.05) is 24.6 Å². The molecule has 1 amide bonds. The molecule has 0 bridgehead atoms. The number of nitrogens with two attached hydrogens (primary N) is 1. The van der Waals surface area contributed by atoms with Crippen LogP contribution in [-0.2, 0) is 11.2 Å². The first kappa shape index (κ1) is 13.6. The van der Waals surface area contributed by atoms with E-state index in [1.54, 1.807) is 0 Å². The van der Waals surface area contributed by atoms with Gasteiger partial charge in [0.15, 0.2) is 0 Å². The van der Waals surface area contributed by atoms with Crippen LogP contribution in [0.4, 0.5) is 11.6 Å². The van der Waals surface area contributed by atoms with Crippen LogP contribution in [0.3, 0.4) is 0 Å². The predicted molar refractivity (Wildman–Crippen MR) is 74.7 cm³/mol. The molecule has 1 fully saturated rings. The molecule has 0 unspecified atom stereocenters. The van der Waals surface area contributed by atoms with E-state index in [1.165, 1.54) is 6.33 Å². The molecule has 0 aliphatic heterocycles. The first-order chi connectivity index (χ1) is 9.22. The first-order valence-corrected chi connectivity index (χ1v) is 6.83. The van der Waals surface area contributed by atoms with Crippen LogP contribution in [0.2, 0.25) is 0 Å². The lowest BCUT2D eigenvalue weighted by molar-refractivity contribution is -0.122. The van der Waals surface area contributed by atoms with Gasteiger partial charge in [-0.25, -0.2) is 9.97 Å². The van der Waals surface area contributed by atoms with E-state index >= 15 is 0 Å². The molecule has 0 saturated heterocycles. The fraction of sp³-hybridized carbons (Fsp3) is 0.615. The Balaban J connectivity index is 1.81. The van der Waals surface area contributed by atoms with Crippen LogP contribution < -0.4 is 16.4 Å². The lowest BCUT2D eigenvalue weighted by Crippen LogP contribution is -2.30. The highest BCUT2D eigenvalue weighted by molar-refractivity contribution is 5.80. The van der Waals surface area contributed by atoms with Gasteiger partial charge in [-0.1, -0.05) is 13.3 Å². The maximum atomic E-state index is 11.5. The molecule has 1 aromatic heterocycles. The molecule has 4 N–H and O–H groups in total. The number of nitrogens with one attached hydrogen (secondary N) is 2. The van der Waals surface area contributed by atoms with Gasteiger partial charge in [0.1, 0.15) is 18.0 Å². The van der Waals surface area contributed by atoms with Crippen molar-refractivity contribution in [3.8, 4) is 0 Å². The van der Waals surface area contributed by atoms with Crippen molar-refractivity contribution in [3.05, 3.63) is 11.9 Å². The van der Waals surface area contributed by atoms with E-state index in [9.17, 15) is 4.79 Å². The van der Waals surface area contributed by atoms with Gasteiger partial charge in [0.05, 0.1) is 0 Å². The second-order valence-electron chi connectivity index (χ2n) is 4.83. The second-order valence-corrected chi connectivity index (χ2v) is 4.83. The SMILES string of the molecule is CCCc1c(N)ncnc1NCCNC(=O)C1CC1. The number of aromatic nitrogens is 2. The molecule has 0 atom stereocenters. The first-order valence-electron chi connectivity index (χ1n) is 6.83. The Morgan fingerprint density at radius 3 is 2.89 bits per heavy atom. The van der Waals surface area contributed by atoms with Crippen molar-refractivity contribution in [1.29, 1.82) is 0 Å². The van der Waals surface area contributed by atoms with Crippen LogP contribution in [0.1, 0.15) is 31.7 Å². The molecule has 1 aliphatic rings. The monoisotopic (exact) mass is 263 g/mol. The summed E-state index contributed by atoms with van der Waals surface area (Å²) >= 11 is 0. The molecule has 1 heterocycles. The Kier molecular flexibility index (Phi) is 4.54. The van der Waals surface area contributed by atoms with Gasteiger partial charge in [-0.2, -0.15) is 0 Å². The van der Waals surface area contributed by atoms with E-state index in [1.807, 2.05) is 0 Å². The smallest absolute Gasteiger partial charge is 0.223 e. The fourth-order valence-electron chi connectivity index (χ4n) is 1.93. The average molecular weight is 263 g/mol. The molecule has 1 aromatic rings. The third-order valence-corrected chi connectivity index (χ3v) is 3.14. The molecule has 0 aromatic carbocycles. The van der Waals surface area contributed by atoms with Gasteiger partial charge in [-0.05, 0) is 19.3 Å².